The van der Waals surface area contributed by atoms with E-state index in [0.717, 1.165) is 19.3 Å². The summed E-state index contributed by atoms with van der Waals surface area (Å²) in [6.07, 6.45) is 2.67. The van der Waals surface area contributed by atoms with Gasteiger partial charge >= 0.3 is 0 Å². The summed E-state index contributed by atoms with van der Waals surface area (Å²) in [4.78, 5) is 12.9. The number of nitrogens with zero attached hydrogens (tertiary/aromatic N) is 1. The zero-order valence-corrected chi connectivity index (χ0v) is 16.4. The number of sulfonamides is 1. The minimum absolute atomic E-state index is 0.0296. The second-order valence-electron chi connectivity index (χ2n) is 6.98. The second kappa shape index (κ2) is 7.44. The summed E-state index contributed by atoms with van der Waals surface area (Å²) in [6, 6.07) is 11.3. The summed E-state index contributed by atoms with van der Waals surface area (Å²) in [5.74, 6) is 0.670. The van der Waals surface area contributed by atoms with E-state index in [1.54, 1.807) is 30.3 Å². The molecule has 1 N–H and O–H groups in total. The van der Waals surface area contributed by atoms with Crippen molar-refractivity contribution in [2.45, 2.75) is 37.1 Å². The summed E-state index contributed by atoms with van der Waals surface area (Å²) < 4.78 is 38.6. The summed E-state index contributed by atoms with van der Waals surface area (Å²) >= 11 is 0. The number of hydrogen-bond acceptors (Lipinski definition) is 5. The Balaban J connectivity index is 1.63. The van der Waals surface area contributed by atoms with Crippen molar-refractivity contribution in [3.8, 4) is 11.5 Å². The number of amides is 1. The molecule has 0 bridgehead atoms. The number of piperidine rings is 1. The minimum Gasteiger partial charge on any atom is -0.454 e. The lowest BCUT2D eigenvalue weighted by atomic mass is 10.1. The van der Waals surface area contributed by atoms with Crippen molar-refractivity contribution in [3.63, 3.8) is 0 Å². The summed E-state index contributed by atoms with van der Waals surface area (Å²) in [6.45, 7) is 2.52. The van der Waals surface area contributed by atoms with Crippen LogP contribution < -0.4 is 14.8 Å². The van der Waals surface area contributed by atoms with Crippen LogP contribution in [0.1, 0.15) is 36.5 Å². The predicted molar refractivity (Wildman–Crippen MR) is 104 cm³/mol. The Morgan fingerprint density at radius 1 is 1.11 bits per heavy atom. The quantitative estimate of drug-likeness (QED) is 0.849. The van der Waals surface area contributed by atoms with Gasteiger partial charge in [-0.3, -0.25) is 4.79 Å². The number of hydrogen-bond donors (Lipinski definition) is 1. The molecule has 0 unspecified atom stereocenters. The first kappa shape index (κ1) is 18.8. The molecular formula is C20H22N2O5S. The lowest BCUT2D eigenvalue weighted by molar-refractivity contribution is 0.102. The van der Waals surface area contributed by atoms with E-state index in [-0.39, 0.29) is 23.3 Å². The average molecular weight is 402 g/mol. The highest BCUT2D eigenvalue weighted by Gasteiger charge is 2.33. The highest BCUT2D eigenvalue weighted by Crippen LogP contribution is 2.34. The van der Waals surface area contributed by atoms with E-state index in [1.165, 1.54) is 16.4 Å². The number of carbonyl (C=O) groups is 1. The number of fused-ring (bicyclic) bond motifs is 1. The van der Waals surface area contributed by atoms with Crippen LogP contribution in [0, 0.1) is 0 Å². The number of benzene rings is 2. The summed E-state index contributed by atoms with van der Waals surface area (Å²) in [5.41, 5.74) is 0.630. The monoisotopic (exact) mass is 402 g/mol. The van der Waals surface area contributed by atoms with Crippen LogP contribution >= 0.6 is 0 Å². The molecule has 0 saturated carbocycles. The lowest BCUT2D eigenvalue weighted by Crippen LogP contribution is -2.42. The molecule has 148 valence electrons. The van der Waals surface area contributed by atoms with Crippen LogP contribution in [0.3, 0.4) is 0 Å². The van der Waals surface area contributed by atoms with Crippen LogP contribution in [0.2, 0.25) is 0 Å². The number of nitrogens with one attached hydrogen (secondary N) is 1. The maximum absolute atomic E-state index is 13.2. The number of rotatable bonds is 4. The van der Waals surface area contributed by atoms with Crippen molar-refractivity contribution in [3.05, 3.63) is 48.0 Å². The highest BCUT2D eigenvalue weighted by molar-refractivity contribution is 7.89. The first-order valence-corrected chi connectivity index (χ1v) is 10.7. The van der Waals surface area contributed by atoms with Gasteiger partial charge in [0.2, 0.25) is 16.8 Å². The third kappa shape index (κ3) is 3.45. The lowest BCUT2D eigenvalue weighted by Gasteiger charge is -2.32. The summed E-state index contributed by atoms with van der Waals surface area (Å²) in [7, 11) is -3.76. The van der Waals surface area contributed by atoms with E-state index in [9.17, 15) is 13.2 Å². The van der Waals surface area contributed by atoms with Gasteiger partial charge in [-0.2, -0.15) is 4.31 Å². The van der Waals surface area contributed by atoms with Crippen LogP contribution in [0.25, 0.3) is 0 Å². The molecule has 2 aromatic rings. The smallest absolute Gasteiger partial charge is 0.257 e. The Morgan fingerprint density at radius 3 is 2.71 bits per heavy atom. The van der Waals surface area contributed by atoms with E-state index in [4.69, 9.17) is 9.47 Å². The van der Waals surface area contributed by atoms with Crippen molar-refractivity contribution in [2.75, 3.05) is 18.7 Å². The first-order chi connectivity index (χ1) is 13.5. The number of ether oxygens (including phenoxy) is 2. The molecule has 2 aliphatic heterocycles. The molecule has 8 heteroatoms. The molecule has 0 aromatic heterocycles. The zero-order valence-electron chi connectivity index (χ0n) is 15.6. The van der Waals surface area contributed by atoms with E-state index < -0.39 is 15.9 Å². The Kier molecular flexibility index (Phi) is 4.99. The molecule has 0 spiro atoms. The van der Waals surface area contributed by atoms with Crippen LogP contribution in [0.15, 0.2) is 47.4 Å². The Bertz CT molecular complexity index is 1010. The molecule has 1 saturated heterocycles. The minimum atomic E-state index is -3.76. The second-order valence-corrected chi connectivity index (χ2v) is 8.84. The van der Waals surface area contributed by atoms with E-state index in [1.807, 2.05) is 6.92 Å². The molecule has 4 rings (SSSR count). The Hall–Kier alpha value is -2.58. The zero-order chi connectivity index (χ0) is 19.7. The van der Waals surface area contributed by atoms with Crippen molar-refractivity contribution < 1.29 is 22.7 Å². The maximum Gasteiger partial charge on any atom is 0.257 e. The van der Waals surface area contributed by atoms with Crippen LogP contribution in [-0.2, 0) is 10.0 Å². The molecule has 2 aliphatic rings. The van der Waals surface area contributed by atoms with Crippen molar-refractivity contribution >= 4 is 21.6 Å². The third-order valence-electron chi connectivity index (χ3n) is 5.09. The fourth-order valence-corrected chi connectivity index (χ4v) is 5.50. The molecule has 7 nitrogen and oxygen atoms in total. The topological polar surface area (TPSA) is 84.9 Å². The third-order valence-corrected chi connectivity index (χ3v) is 7.16. The molecule has 1 fully saturated rings. The van der Waals surface area contributed by atoms with Gasteiger partial charge in [-0.1, -0.05) is 18.6 Å². The van der Waals surface area contributed by atoms with Gasteiger partial charge in [-0.25, -0.2) is 8.42 Å². The maximum atomic E-state index is 13.2. The van der Waals surface area contributed by atoms with Gasteiger partial charge in [0.15, 0.2) is 11.5 Å². The molecule has 2 heterocycles. The number of carbonyl (C=O) groups excluding carboxylic acids is 1. The van der Waals surface area contributed by atoms with Crippen LogP contribution in [-0.4, -0.2) is 38.0 Å². The van der Waals surface area contributed by atoms with Gasteiger partial charge in [0, 0.05) is 24.3 Å². The highest BCUT2D eigenvalue weighted by atomic mass is 32.2. The van der Waals surface area contributed by atoms with Crippen molar-refractivity contribution in [2.24, 2.45) is 0 Å². The average Bonchev–Trinajstić information content (AvgIpc) is 3.16. The first-order valence-electron chi connectivity index (χ1n) is 9.29. The van der Waals surface area contributed by atoms with Crippen LogP contribution in [0.5, 0.6) is 11.5 Å². The molecule has 1 atom stereocenters. The van der Waals surface area contributed by atoms with Gasteiger partial charge in [-0.15, -0.1) is 0 Å². The fourth-order valence-electron chi connectivity index (χ4n) is 3.61. The van der Waals surface area contributed by atoms with Gasteiger partial charge in [0.1, 0.15) is 0 Å². The van der Waals surface area contributed by atoms with Gasteiger partial charge in [0.25, 0.3) is 5.91 Å². The van der Waals surface area contributed by atoms with E-state index in [2.05, 4.69) is 5.32 Å². The van der Waals surface area contributed by atoms with E-state index >= 15 is 0 Å². The van der Waals surface area contributed by atoms with Gasteiger partial charge < -0.3 is 14.8 Å². The molecule has 0 radical (unpaired) electrons. The Labute approximate surface area is 164 Å². The molecule has 0 aliphatic carbocycles. The van der Waals surface area contributed by atoms with Crippen LogP contribution in [0.4, 0.5) is 5.69 Å². The standard InChI is InChI=1S/C20H22N2O5S/c1-14-6-4-5-11-22(14)28(24,25)19-8-3-2-7-16(19)20(23)21-15-9-10-17-18(12-15)27-13-26-17/h2-3,7-10,12,14H,4-6,11,13H2,1H3,(H,21,23)/t14-/m1/s1. The normalized spacial score (nSPS) is 19.4. The molecule has 2 aromatic carbocycles. The predicted octanol–water partition coefficient (Wildman–Crippen LogP) is 3.23. The SMILES string of the molecule is C[C@@H]1CCCCN1S(=O)(=O)c1ccccc1C(=O)Nc1ccc2c(c1)OCO2. The largest absolute Gasteiger partial charge is 0.454 e. The van der Waals surface area contributed by atoms with Crippen molar-refractivity contribution in [1.82, 2.24) is 4.31 Å². The van der Waals surface area contributed by atoms with Crippen molar-refractivity contribution in [1.29, 1.82) is 0 Å². The van der Waals surface area contributed by atoms with E-state index in [0.29, 0.717) is 23.7 Å². The van der Waals surface area contributed by atoms with Gasteiger partial charge in [-0.05, 0) is 44.0 Å². The van der Waals surface area contributed by atoms with Gasteiger partial charge in [0.05, 0.1) is 10.5 Å². The molecule has 28 heavy (non-hydrogen) atoms. The molecular weight excluding hydrogens is 380 g/mol. The fraction of sp³-hybridized carbons (Fsp3) is 0.350. The number of anilines is 1. The Morgan fingerprint density at radius 2 is 1.89 bits per heavy atom. The summed E-state index contributed by atoms with van der Waals surface area (Å²) in [5, 5.41) is 2.76. The molecule has 1 amide bonds.